The minimum absolute atomic E-state index is 0. The Morgan fingerprint density at radius 2 is 1.85 bits per heavy atom. The van der Waals surface area contributed by atoms with E-state index in [1.54, 1.807) is 7.05 Å². The van der Waals surface area contributed by atoms with Crippen LogP contribution in [0.2, 0.25) is 0 Å². The van der Waals surface area contributed by atoms with Crippen molar-refractivity contribution in [3.05, 3.63) is 29.8 Å². The number of halogens is 4. The van der Waals surface area contributed by atoms with Crippen LogP contribution in [0.1, 0.15) is 12.0 Å². The Balaban J connectivity index is 0.00000361. The third kappa shape index (κ3) is 5.66. The predicted molar refractivity (Wildman–Crippen MR) is 72.4 cm³/mol. The minimum atomic E-state index is -4.56. The van der Waals surface area contributed by atoms with Gasteiger partial charge in [-0.25, -0.2) is 13.1 Å². The number of nitrogens with one attached hydrogen (secondary N) is 2. The maximum Gasteiger partial charge on any atom is 0.416 e. The van der Waals surface area contributed by atoms with Gasteiger partial charge >= 0.3 is 6.18 Å². The lowest BCUT2D eigenvalue weighted by atomic mass is 10.2. The Labute approximate surface area is 122 Å². The highest BCUT2D eigenvalue weighted by Gasteiger charge is 2.31. The van der Waals surface area contributed by atoms with Crippen LogP contribution in [0.15, 0.2) is 29.2 Å². The zero-order valence-electron chi connectivity index (χ0n) is 10.7. The van der Waals surface area contributed by atoms with E-state index in [1.807, 2.05) is 0 Å². The smallest absolute Gasteiger partial charge is 0.320 e. The fraction of sp³-hybridized carbons (Fsp3) is 0.455. The van der Waals surface area contributed by atoms with Crippen molar-refractivity contribution >= 4 is 22.4 Å². The summed E-state index contributed by atoms with van der Waals surface area (Å²) in [7, 11) is -2.18. The Morgan fingerprint density at radius 3 is 2.40 bits per heavy atom. The van der Waals surface area contributed by atoms with Crippen molar-refractivity contribution in [2.75, 3.05) is 20.1 Å². The molecule has 0 aliphatic carbocycles. The van der Waals surface area contributed by atoms with Gasteiger partial charge in [0.15, 0.2) is 0 Å². The Morgan fingerprint density at radius 1 is 1.20 bits per heavy atom. The Kier molecular flexibility index (Phi) is 7.50. The summed E-state index contributed by atoms with van der Waals surface area (Å²) >= 11 is 0. The molecule has 0 amide bonds. The quantitative estimate of drug-likeness (QED) is 0.784. The number of benzene rings is 1. The first-order valence-corrected chi connectivity index (χ1v) is 7.07. The third-order valence-electron chi connectivity index (χ3n) is 2.37. The van der Waals surface area contributed by atoms with E-state index in [0.29, 0.717) is 19.0 Å². The van der Waals surface area contributed by atoms with Crippen molar-refractivity contribution in [1.29, 1.82) is 0 Å². The summed E-state index contributed by atoms with van der Waals surface area (Å²) in [6.07, 6.45) is -4.01. The van der Waals surface area contributed by atoms with Crippen LogP contribution in [0.25, 0.3) is 0 Å². The van der Waals surface area contributed by atoms with Crippen molar-refractivity contribution in [3.63, 3.8) is 0 Å². The summed E-state index contributed by atoms with van der Waals surface area (Å²) < 4.78 is 63.3. The highest BCUT2D eigenvalue weighted by atomic mass is 35.5. The van der Waals surface area contributed by atoms with E-state index in [4.69, 9.17) is 0 Å². The molecule has 0 aliphatic heterocycles. The van der Waals surface area contributed by atoms with Crippen molar-refractivity contribution in [2.45, 2.75) is 17.5 Å². The van der Waals surface area contributed by atoms with Gasteiger partial charge in [-0.1, -0.05) is 6.07 Å². The second-order valence-corrected chi connectivity index (χ2v) is 5.65. The molecule has 0 aliphatic rings. The molecule has 0 saturated carbocycles. The van der Waals surface area contributed by atoms with Gasteiger partial charge in [0.1, 0.15) is 0 Å². The molecule has 0 saturated heterocycles. The van der Waals surface area contributed by atoms with E-state index in [-0.39, 0.29) is 23.8 Å². The van der Waals surface area contributed by atoms with Crippen molar-refractivity contribution < 1.29 is 21.6 Å². The number of hydrogen-bond donors (Lipinski definition) is 2. The summed E-state index contributed by atoms with van der Waals surface area (Å²) in [6, 6.07) is 3.67. The van der Waals surface area contributed by atoms with Gasteiger partial charge in [-0.2, -0.15) is 13.2 Å². The molecule has 0 radical (unpaired) electrons. The molecule has 1 aromatic carbocycles. The lowest BCUT2D eigenvalue weighted by Gasteiger charge is -2.10. The zero-order chi connectivity index (χ0) is 14.5. The van der Waals surface area contributed by atoms with Gasteiger partial charge < -0.3 is 5.32 Å². The summed E-state index contributed by atoms with van der Waals surface area (Å²) in [5, 5.41) is 2.84. The maximum absolute atomic E-state index is 12.5. The van der Waals surface area contributed by atoms with Gasteiger partial charge in [-0.3, -0.25) is 0 Å². The molecule has 9 heteroatoms. The van der Waals surface area contributed by atoms with Crippen LogP contribution in [0.3, 0.4) is 0 Å². The highest BCUT2D eigenvalue weighted by molar-refractivity contribution is 7.89. The maximum atomic E-state index is 12.5. The molecule has 1 rings (SSSR count). The highest BCUT2D eigenvalue weighted by Crippen LogP contribution is 2.30. The molecule has 20 heavy (non-hydrogen) atoms. The first-order valence-electron chi connectivity index (χ1n) is 5.59. The molecule has 0 unspecified atom stereocenters. The third-order valence-corrected chi connectivity index (χ3v) is 3.83. The summed E-state index contributed by atoms with van der Waals surface area (Å²) in [4.78, 5) is -0.383. The van der Waals surface area contributed by atoms with Crippen LogP contribution in [-0.2, 0) is 16.2 Å². The molecule has 0 atom stereocenters. The number of hydrogen-bond acceptors (Lipinski definition) is 3. The molecular weight excluding hydrogens is 317 g/mol. The van der Waals surface area contributed by atoms with Crippen LogP contribution in [0, 0.1) is 0 Å². The number of rotatable bonds is 6. The summed E-state index contributed by atoms with van der Waals surface area (Å²) in [6.45, 7) is 0.782. The minimum Gasteiger partial charge on any atom is -0.320 e. The topological polar surface area (TPSA) is 58.2 Å². The van der Waals surface area contributed by atoms with E-state index in [1.165, 1.54) is 0 Å². The van der Waals surface area contributed by atoms with E-state index in [2.05, 4.69) is 10.0 Å². The number of sulfonamides is 1. The Bertz CT molecular complexity index is 521. The van der Waals surface area contributed by atoms with Gasteiger partial charge in [0.25, 0.3) is 0 Å². The molecule has 2 N–H and O–H groups in total. The molecular formula is C11H16ClF3N2O2S. The fourth-order valence-corrected chi connectivity index (χ4v) is 2.51. The van der Waals surface area contributed by atoms with Crippen LogP contribution < -0.4 is 10.0 Å². The van der Waals surface area contributed by atoms with Crippen LogP contribution in [-0.4, -0.2) is 28.6 Å². The van der Waals surface area contributed by atoms with E-state index < -0.39 is 21.8 Å². The molecule has 1 aromatic rings. The van der Waals surface area contributed by atoms with Crippen LogP contribution >= 0.6 is 12.4 Å². The fourth-order valence-electron chi connectivity index (χ4n) is 1.39. The molecule has 0 fully saturated rings. The summed E-state index contributed by atoms with van der Waals surface area (Å²) in [5.41, 5.74) is -0.981. The molecule has 116 valence electrons. The first-order chi connectivity index (χ1) is 8.77. The van der Waals surface area contributed by atoms with Crippen LogP contribution in [0.5, 0.6) is 0 Å². The monoisotopic (exact) mass is 332 g/mol. The van der Waals surface area contributed by atoms with E-state index in [9.17, 15) is 21.6 Å². The number of alkyl halides is 3. The molecule has 0 aromatic heterocycles. The standard InChI is InChI=1S/C11H15F3N2O2S.ClH/c1-15-6-3-7-16-19(17,18)10-5-2-4-9(8-10)11(12,13)14;/h2,4-5,8,15-16H,3,6-7H2,1H3;1H. The van der Waals surface area contributed by atoms with Gasteiger partial charge in [-0.05, 0) is 38.2 Å². The second kappa shape index (κ2) is 7.82. The van der Waals surface area contributed by atoms with E-state index in [0.717, 1.165) is 18.2 Å². The molecule has 0 heterocycles. The molecule has 0 bridgehead atoms. The first kappa shape index (κ1) is 19.2. The van der Waals surface area contributed by atoms with E-state index >= 15 is 0 Å². The average Bonchev–Trinajstić information content (AvgIpc) is 2.34. The largest absolute Gasteiger partial charge is 0.416 e. The Hall–Kier alpha value is -0.830. The normalized spacial score (nSPS) is 12.0. The molecule has 0 spiro atoms. The van der Waals surface area contributed by atoms with Crippen molar-refractivity contribution in [2.24, 2.45) is 0 Å². The molecule has 4 nitrogen and oxygen atoms in total. The van der Waals surface area contributed by atoms with Gasteiger partial charge in [0.05, 0.1) is 10.5 Å². The average molecular weight is 333 g/mol. The second-order valence-electron chi connectivity index (χ2n) is 3.88. The van der Waals surface area contributed by atoms with Gasteiger partial charge in [0, 0.05) is 6.54 Å². The van der Waals surface area contributed by atoms with Crippen LogP contribution in [0.4, 0.5) is 13.2 Å². The lowest BCUT2D eigenvalue weighted by molar-refractivity contribution is -0.137. The zero-order valence-corrected chi connectivity index (χ0v) is 12.3. The SMILES string of the molecule is CNCCCNS(=O)(=O)c1cccc(C(F)(F)F)c1.Cl. The lowest BCUT2D eigenvalue weighted by Crippen LogP contribution is -2.27. The van der Waals surface area contributed by atoms with Gasteiger partial charge in [0.2, 0.25) is 10.0 Å². The van der Waals surface area contributed by atoms with Crippen molar-refractivity contribution in [3.8, 4) is 0 Å². The predicted octanol–water partition coefficient (Wildman–Crippen LogP) is 2.02. The van der Waals surface area contributed by atoms with Crippen molar-refractivity contribution in [1.82, 2.24) is 10.0 Å². The summed E-state index contributed by atoms with van der Waals surface area (Å²) in [5.74, 6) is 0. The van der Waals surface area contributed by atoms with Gasteiger partial charge in [-0.15, -0.1) is 12.4 Å².